The summed E-state index contributed by atoms with van der Waals surface area (Å²) in [5.74, 6) is -5.85. The molecule has 8 nitrogen and oxygen atoms in total. The first-order valence-electron chi connectivity index (χ1n) is 9.17. The maximum absolute atomic E-state index is 14.1. The third-order valence-electron chi connectivity index (χ3n) is 4.14. The van der Waals surface area contributed by atoms with E-state index in [2.05, 4.69) is 15.3 Å². The maximum Gasteiger partial charge on any atom is 0.347 e. The Morgan fingerprint density at radius 2 is 1.75 bits per heavy atom. The molecule has 32 heavy (non-hydrogen) atoms. The van der Waals surface area contributed by atoms with E-state index in [1.807, 2.05) is 0 Å². The van der Waals surface area contributed by atoms with Crippen molar-refractivity contribution in [2.75, 3.05) is 18.7 Å². The Kier molecular flexibility index (Phi) is 6.40. The number of hydrogen-bond acceptors (Lipinski definition) is 8. The van der Waals surface area contributed by atoms with E-state index in [1.165, 1.54) is 24.3 Å². The highest BCUT2D eigenvalue weighted by atomic mass is 32.2. The monoisotopic (exact) mass is 463 g/mol. The molecule has 0 aliphatic rings. The number of aromatic nitrogens is 2. The minimum absolute atomic E-state index is 0.0158. The van der Waals surface area contributed by atoms with Crippen molar-refractivity contribution < 1.29 is 31.5 Å². The summed E-state index contributed by atoms with van der Waals surface area (Å²) < 4.78 is 62.3. The molecular formula is C21H19F2N3O5S. The van der Waals surface area contributed by atoms with Crippen molar-refractivity contribution in [1.29, 1.82) is 0 Å². The first-order valence-corrected chi connectivity index (χ1v) is 11.1. The lowest BCUT2D eigenvalue weighted by Crippen LogP contribution is -2.18. The van der Waals surface area contributed by atoms with Crippen LogP contribution in [0.5, 0.6) is 11.6 Å². The topological polar surface area (TPSA) is 107 Å². The molecule has 168 valence electrons. The van der Waals surface area contributed by atoms with Crippen molar-refractivity contribution >= 4 is 27.3 Å². The van der Waals surface area contributed by atoms with Crippen molar-refractivity contribution in [3.8, 4) is 11.6 Å². The fraction of sp³-hybridized carbons (Fsp3) is 0.190. The second-order valence-corrected chi connectivity index (χ2v) is 8.81. The van der Waals surface area contributed by atoms with Crippen LogP contribution >= 0.6 is 0 Å². The number of para-hydroxylation sites is 1. The van der Waals surface area contributed by atoms with E-state index in [-0.39, 0.29) is 27.7 Å². The van der Waals surface area contributed by atoms with Gasteiger partial charge in [0.2, 0.25) is 11.7 Å². The fourth-order valence-corrected chi connectivity index (χ4v) is 3.30. The van der Waals surface area contributed by atoms with Crippen LogP contribution < -0.4 is 10.1 Å². The molecule has 1 N–H and O–H groups in total. The quantitative estimate of drug-likeness (QED) is 0.517. The van der Waals surface area contributed by atoms with Crippen molar-refractivity contribution in [2.45, 2.75) is 17.7 Å². The van der Waals surface area contributed by atoms with E-state index >= 15 is 0 Å². The summed E-state index contributed by atoms with van der Waals surface area (Å²) in [7, 11) is -2.44. The molecule has 3 aromatic rings. The van der Waals surface area contributed by atoms with Crippen LogP contribution in [-0.2, 0) is 20.5 Å². The summed E-state index contributed by atoms with van der Waals surface area (Å²) in [6.07, 6.45) is 1.03. The molecule has 2 aromatic carbocycles. The second kappa shape index (κ2) is 8.87. The van der Waals surface area contributed by atoms with Gasteiger partial charge in [-0.05, 0) is 30.3 Å². The summed E-state index contributed by atoms with van der Waals surface area (Å²) in [4.78, 5) is 20.0. The number of hydrogen-bond donors (Lipinski definition) is 1. The van der Waals surface area contributed by atoms with E-state index in [0.29, 0.717) is 6.92 Å². The number of ether oxygens (including phenoxy) is 2. The Hall–Kier alpha value is -3.60. The van der Waals surface area contributed by atoms with E-state index < -0.39 is 33.4 Å². The van der Waals surface area contributed by atoms with Gasteiger partial charge in [-0.25, -0.2) is 18.2 Å². The lowest BCUT2D eigenvalue weighted by atomic mass is 10.2. The third-order valence-corrected chi connectivity index (χ3v) is 5.25. The van der Waals surface area contributed by atoms with Gasteiger partial charge in [0.1, 0.15) is 5.75 Å². The van der Waals surface area contributed by atoms with Crippen LogP contribution in [0.2, 0.25) is 0 Å². The van der Waals surface area contributed by atoms with Gasteiger partial charge in [0.05, 0.1) is 12.0 Å². The van der Waals surface area contributed by atoms with Crippen LogP contribution in [0.25, 0.3) is 0 Å². The fourth-order valence-electron chi connectivity index (χ4n) is 2.63. The van der Waals surface area contributed by atoms with Crippen LogP contribution in [0.4, 0.5) is 20.3 Å². The Labute approximate surface area is 183 Å². The highest BCUT2D eigenvalue weighted by Gasteiger charge is 2.33. The van der Waals surface area contributed by atoms with E-state index in [9.17, 15) is 22.0 Å². The van der Waals surface area contributed by atoms with Crippen molar-refractivity contribution in [3.63, 3.8) is 0 Å². The number of nitrogens with zero attached hydrogens (tertiary/aromatic N) is 2. The van der Waals surface area contributed by atoms with Gasteiger partial charge in [0.15, 0.2) is 21.2 Å². The molecular weight excluding hydrogens is 444 g/mol. The number of rotatable bonds is 7. The number of alkyl halides is 2. The Bertz CT molecular complexity index is 1250. The van der Waals surface area contributed by atoms with Crippen LogP contribution in [0.15, 0.2) is 59.5 Å². The van der Waals surface area contributed by atoms with Crippen LogP contribution in [-0.4, -0.2) is 37.7 Å². The Morgan fingerprint density at radius 3 is 2.34 bits per heavy atom. The standard InChI is InChI=1S/C21H19F2N3O5S/c1-21(22,23)20-25-17(24-13-8-7-11-15(12-13)32(3,28)29)16(19(27)30-2)18(26-20)31-14-9-5-4-6-10-14/h4-12H,1-3H3,(H,24,25,26). The molecule has 3 rings (SSSR count). The number of benzene rings is 2. The number of carbonyl (C=O) groups is 1. The Balaban J connectivity index is 2.19. The summed E-state index contributed by atoms with van der Waals surface area (Å²) in [5.41, 5.74) is -0.151. The van der Waals surface area contributed by atoms with Gasteiger partial charge in [-0.2, -0.15) is 13.8 Å². The Morgan fingerprint density at radius 1 is 1.06 bits per heavy atom. The van der Waals surface area contributed by atoms with Gasteiger partial charge >= 0.3 is 11.9 Å². The number of methoxy groups -OCH3 is 1. The summed E-state index contributed by atoms with van der Waals surface area (Å²) in [5, 5.41) is 2.71. The zero-order valence-electron chi connectivity index (χ0n) is 17.3. The minimum atomic E-state index is -3.54. The van der Waals surface area contributed by atoms with Gasteiger partial charge in [-0.1, -0.05) is 24.3 Å². The van der Waals surface area contributed by atoms with Gasteiger partial charge < -0.3 is 14.8 Å². The average Bonchev–Trinajstić information content (AvgIpc) is 2.73. The molecule has 0 saturated carbocycles. The molecule has 0 spiro atoms. The van der Waals surface area contributed by atoms with Crippen LogP contribution in [0, 0.1) is 0 Å². The molecule has 0 saturated heterocycles. The number of esters is 1. The second-order valence-electron chi connectivity index (χ2n) is 6.80. The van der Waals surface area contributed by atoms with Crippen LogP contribution in [0.1, 0.15) is 23.1 Å². The van der Waals surface area contributed by atoms with E-state index in [0.717, 1.165) is 13.4 Å². The zero-order chi connectivity index (χ0) is 23.5. The molecule has 1 aromatic heterocycles. The van der Waals surface area contributed by atoms with E-state index in [4.69, 9.17) is 9.47 Å². The predicted molar refractivity (Wildman–Crippen MR) is 112 cm³/mol. The molecule has 0 radical (unpaired) electrons. The molecule has 1 heterocycles. The van der Waals surface area contributed by atoms with Crippen molar-refractivity contribution in [1.82, 2.24) is 9.97 Å². The first-order chi connectivity index (χ1) is 15.0. The SMILES string of the molecule is COC(=O)c1c(Nc2cccc(S(C)(=O)=O)c2)nc(C(C)(F)F)nc1Oc1ccccc1. The van der Waals surface area contributed by atoms with Crippen molar-refractivity contribution in [2.24, 2.45) is 0 Å². The molecule has 11 heteroatoms. The minimum Gasteiger partial charge on any atom is -0.465 e. The molecule has 0 aliphatic heterocycles. The summed E-state index contributed by atoms with van der Waals surface area (Å²) in [6, 6.07) is 13.7. The third kappa shape index (κ3) is 5.35. The van der Waals surface area contributed by atoms with Crippen LogP contribution in [0.3, 0.4) is 0 Å². The smallest absolute Gasteiger partial charge is 0.347 e. The highest BCUT2D eigenvalue weighted by molar-refractivity contribution is 7.90. The number of nitrogens with one attached hydrogen (secondary N) is 1. The molecule has 0 fully saturated rings. The molecule has 0 unspecified atom stereocenters. The molecule has 0 amide bonds. The first kappa shape index (κ1) is 23.1. The average molecular weight is 463 g/mol. The van der Waals surface area contributed by atoms with Gasteiger partial charge in [-0.15, -0.1) is 0 Å². The number of anilines is 2. The summed E-state index contributed by atoms with van der Waals surface area (Å²) >= 11 is 0. The lowest BCUT2D eigenvalue weighted by molar-refractivity contribution is 0.00714. The van der Waals surface area contributed by atoms with Gasteiger partial charge in [0.25, 0.3) is 0 Å². The molecule has 0 bridgehead atoms. The number of sulfone groups is 1. The number of halogens is 2. The molecule has 0 atom stereocenters. The lowest BCUT2D eigenvalue weighted by Gasteiger charge is -2.17. The van der Waals surface area contributed by atoms with Crippen molar-refractivity contribution in [3.05, 3.63) is 66.0 Å². The molecule has 0 aliphatic carbocycles. The zero-order valence-corrected chi connectivity index (χ0v) is 18.1. The number of carbonyl (C=O) groups excluding carboxylic acids is 1. The largest absolute Gasteiger partial charge is 0.465 e. The normalized spacial score (nSPS) is 11.7. The predicted octanol–water partition coefficient (Wildman–Crippen LogP) is 4.31. The maximum atomic E-state index is 14.1. The van der Waals surface area contributed by atoms with E-state index in [1.54, 1.807) is 30.3 Å². The highest BCUT2D eigenvalue weighted by Crippen LogP contribution is 2.34. The van der Waals surface area contributed by atoms with Gasteiger partial charge in [0, 0.05) is 18.9 Å². The summed E-state index contributed by atoms with van der Waals surface area (Å²) in [6.45, 7) is 0.598. The van der Waals surface area contributed by atoms with Gasteiger partial charge in [-0.3, -0.25) is 0 Å².